The number of ether oxygens (including phenoxy) is 2. The Kier molecular flexibility index (Phi) is 6.80. The summed E-state index contributed by atoms with van der Waals surface area (Å²) in [7, 11) is 3.13. The number of hydrogen-bond acceptors (Lipinski definition) is 4. The minimum Gasteiger partial charge on any atom is -0.497 e. The van der Waals surface area contributed by atoms with E-state index in [4.69, 9.17) is 9.47 Å². The summed E-state index contributed by atoms with van der Waals surface area (Å²) in [5, 5.41) is 0. The molecule has 1 fully saturated rings. The Morgan fingerprint density at radius 3 is 2.48 bits per heavy atom. The van der Waals surface area contributed by atoms with Crippen LogP contribution in [-0.2, 0) is 14.3 Å². The van der Waals surface area contributed by atoms with Gasteiger partial charge in [-0.15, -0.1) is 0 Å². The maximum absolute atomic E-state index is 12.8. The van der Waals surface area contributed by atoms with Crippen LogP contribution in [0.5, 0.6) is 5.75 Å². The highest BCUT2D eigenvalue weighted by atomic mass is 16.5. The summed E-state index contributed by atoms with van der Waals surface area (Å²) in [5.41, 5.74) is 1.01. The summed E-state index contributed by atoms with van der Waals surface area (Å²) in [5.74, 6) is 1.29. The lowest BCUT2D eigenvalue weighted by Crippen LogP contribution is -2.33. The first kappa shape index (κ1) is 19.2. The average molecular weight is 344 g/mol. The summed E-state index contributed by atoms with van der Waals surface area (Å²) in [6.07, 6.45) is 5.41. The Labute approximate surface area is 150 Å². The normalized spacial score (nSPS) is 22.4. The van der Waals surface area contributed by atoms with E-state index in [2.05, 4.69) is 6.92 Å². The molecule has 0 heterocycles. The summed E-state index contributed by atoms with van der Waals surface area (Å²) in [6, 6.07) is 7.74. The molecule has 1 aliphatic carbocycles. The lowest BCUT2D eigenvalue weighted by atomic mass is 9.68. The number of Topliss-reactive ketones (excluding diaryl/α,β-unsaturated/α-hetero) is 2. The Bertz CT molecular complexity index is 630. The number of rotatable bonds is 7. The van der Waals surface area contributed by atoms with Gasteiger partial charge in [0.25, 0.3) is 0 Å². The second-order valence-corrected chi connectivity index (χ2v) is 6.64. The number of benzene rings is 1. The number of ketones is 2. The standard InChI is InChI=1S/C21H28O4/c1-5-15-7-6-8-19(23)21(15)18(13-20(25-4)14(2)22)16-9-11-17(24-3)12-10-16/h9-13,15,18,21H,5-8H2,1-4H3/b20-13-/t15-,18-,21-/m0/s1. The van der Waals surface area contributed by atoms with Gasteiger partial charge in [-0.05, 0) is 42.5 Å². The van der Waals surface area contributed by atoms with Crippen molar-refractivity contribution < 1.29 is 19.1 Å². The molecule has 1 aliphatic rings. The smallest absolute Gasteiger partial charge is 0.193 e. The molecule has 25 heavy (non-hydrogen) atoms. The zero-order chi connectivity index (χ0) is 18.4. The summed E-state index contributed by atoms with van der Waals surface area (Å²) >= 11 is 0. The molecule has 0 radical (unpaired) electrons. The van der Waals surface area contributed by atoms with Gasteiger partial charge in [-0.25, -0.2) is 0 Å². The third-order valence-corrected chi connectivity index (χ3v) is 5.19. The predicted molar refractivity (Wildman–Crippen MR) is 97.6 cm³/mol. The van der Waals surface area contributed by atoms with Gasteiger partial charge in [0.05, 0.1) is 14.2 Å². The molecule has 0 spiro atoms. The molecule has 0 unspecified atom stereocenters. The fraction of sp³-hybridized carbons (Fsp3) is 0.524. The van der Waals surface area contributed by atoms with Crippen molar-refractivity contribution in [1.29, 1.82) is 0 Å². The Morgan fingerprint density at radius 1 is 1.28 bits per heavy atom. The third kappa shape index (κ3) is 4.50. The van der Waals surface area contributed by atoms with E-state index in [1.807, 2.05) is 30.3 Å². The molecular formula is C21H28O4. The molecule has 2 rings (SSSR count). The van der Waals surface area contributed by atoms with Crippen LogP contribution in [0.1, 0.15) is 51.0 Å². The zero-order valence-electron chi connectivity index (χ0n) is 15.6. The van der Waals surface area contributed by atoms with Crippen LogP contribution in [0.2, 0.25) is 0 Å². The van der Waals surface area contributed by atoms with Crippen molar-refractivity contribution in [3.63, 3.8) is 0 Å². The molecule has 0 N–H and O–H groups in total. The molecular weight excluding hydrogens is 316 g/mol. The summed E-state index contributed by atoms with van der Waals surface area (Å²) in [6.45, 7) is 3.62. The molecule has 1 aromatic carbocycles. The molecule has 0 bridgehead atoms. The Morgan fingerprint density at radius 2 is 1.96 bits per heavy atom. The maximum Gasteiger partial charge on any atom is 0.193 e. The van der Waals surface area contributed by atoms with E-state index < -0.39 is 0 Å². The van der Waals surface area contributed by atoms with Crippen LogP contribution >= 0.6 is 0 Å². The van der Waals surface area contributed by atoms with Crippen LogP contribution in [0.4, 0.5) is 0 Å². The SMILES string of the molecule is CC[C@H]1CCCC(=O)[C@@H]1[C@@H](/C=C(\OC)C(C)=O)c1ccc(OC)cc1. The quantitative estimate of drug-likeness (QED) is 0.547. The van der Waals surface area contributed by atoms with Crippen molar-refractivity contribution in [3.05, 3.63) is 41.7 Å². The van der Waals surface area contributed by atoms with Gasteiger partial charge in [0.2, 0.25) is 0 Å². The minimum atomic E-state index is -0.164. The number of carbonyl (C=O) groups is 2. The molecule has 3 atom stereocenters. The highest BCUT2D eigenvalue weighted by molar-refractivity contribution is 5.91. The zero-order valence-corrected chi connectivity index (χ0v) is 15.6. The van der Waals surface area contributed by atoms with Crippen molar-refractivity contribution >= 4 is 11.6 Å². The van der Waals surface area contributed by atoms with Gasteiger partial charge in [0, 0.05) is 25.2 Å². The van der Waals surface area contributed by atoms with Gasteiger partial charge in [0.15, 0.2) is 11.5 Å². The highest BCUT2D eigenvalue weighted by Gasteiger charge is 2.37. The molecule has 136 valence electrons. The van der Waals surface area contributed by atoms with Crippen LogP contribution in [-0.4, -0.2) is 25.8 Å². The number of hydrogen-bond donors (Lipinski definition) is 0. The van der Waals surface area contributed by atoms with Crippen molar-refractivity contribution in [3.8, 4) is 5.75 Å². The Balaban J connectivity index is 2.49. The summed E-state index contributed by atoms with van der Waals surface area (Å²) in [4.78, 5) is 24.6. The molecule has 1 aromatic rings. The fourth-order valence-electron chi connectivity index (χ4n) is 3.82. The number of methoxy groups -OCH3 is 2. The van der Waals surface area contributed by atoms with E-state index in [-0.39, 0.29) is 23.4 Å². The first-order chi connectivity index (χ1) is 12.0. The van der Waals surface area contributed by atoms with Crippen molar-refractivity contribution in [1.82, 2.24) is 0 Å². The second-order valence-electron chi connectivity index (χ2n) is 6.64. The van der Waals surface area contributed by atoms with Gasteiger partial charge in [-0.3, -0.25) is 9.59 Å². The highest BCUT2D eigenvalue weighted by Crippen LogP contribution is 2.41. The largest absolute Gasteiger partial charge is 0.497 e. The van der Waals surface area contributed by atoms with E-state index in [0.717, 1.165) is 30.6 Å². The van der Waals surface area contributed by atoms with Gasteiger partial charge >= 0.3 is 0 Å². The Hall–Kier alpha value is -2.10. The average Bonchev–Trinajstić information content (AvgIpc) is 2.63. The van der Waals surface area contributed by atoms with Crippen LogP contribution in [0, 0.1) is 11.8 Å². The second kappa shape index (κ2) is 8.84. The maximum atomic E-state index is 12.8. The molecule has 1 saturated carbocycles. The first-order valence-corrected chi connectivity index (χ1v) is 8.95. The van der Waals surface area contributed by atoms with Crippen molar-refractivity contribution in [2.75, 3.05) is 14.2 Å². The molecule has 4 heteroatoms. The van der Waals surface area contributed by atoms with Crippen molar-refractivity contribution in [2.24, 2.45) is 11.8 Å². The van der Waals surface area contributed by atoms with Gasteiger partial charge in [-0.1, -0.05) is 25.5 Å². The number of allylic oxidation sites excluding steroid dienone is 2. The van der Waals surface area contributed by atoms with E-state index >= 15 is 0 Å². The fourth-order valence-corrected chi connectivity index (χ4v) is 3.82. The first-order valence-electron chi connectivity index (χ1n) is 8.95. The lowest BCUT2D eigenvalue weighted by molar-refractivity contribution is -0.127. The van der Waals surface area contributed by atoms with E-state index in [0.29, 0.717) is 18.1 Å². The van der Waals surface area contributed by atoms with E-state index in [1.54, 1.807) is 7.11 Å². The van der Waals surface area contributed by atoms with Gasteiger partial charge < -0.3 is 9.47 Å². The number of carbonyl (C=O) groups excluding carboxylic acids is 2. The van der Waals surface area contributed by atoms with Crippen LogP contribution < -0.4 is 4.74 Å². The predicted octanol–water partition coefficient (Wildman–Crippen LogP) is 4.29. The lowest BCUT2D eigenvalue weighted by Gasteiger charge is -2.35. The van der Waals surface area contributed by atoms with Crippen LogP contribution in [0.25, 0.3) is 0 Å². The van der Waals surface area contributed by atoms with Gasteiger partial charge in [0.1, 0.15) is 11.5 Å². The van der Waals surface area contributed by atoms with Gasteiger partial charge in [-0.2, -0.15) is 0 Å². The van der Waals surface area contributed by atoms with Crippen LogP contribution in [0.15, 0.2) is 36.1 Å². The topological polar surface area (TPSA) is 52.6 Å². The van der Waals surface area contributed by atoms with Crippen molar-refractivity contribution in [2.45, 2.75) is 45.4 Å². The molecule has 0 aromatic heterocycles. The molecule has 0 aliphatic heterocycles. The molecule has 0 amide bonds. The third-order valence-electron chi connectivity index (χ3n) is 5.19. The van der Waals surface area contributed by atoms with E-state index in [1.165, 1.54) is 14.0 Å². The molecule has 4 nitrogen and oxygen atoms in total. The molecule has 0 saturated heterocycles. The summed E-state index contributed by atoms with van der Waals surface area (Å²) < 4.78 is 10.5. The van der Waals surface area contributed by atoms with E-state index in [9.17, 15) is 9.59 Å². The minimum absolute atomic E-state index is 0.114. The van der Waals surface area contributed by atoms with Crippen LogP contribution in [0.3, 0.4) is 0 Å². The monoisotopic (exact) mass is 344 g/mol.